The molecular formula is C33H31ClN2O5S2. The van der Waals surface area contributed by atoms with Crippen molar-refractivity contribution in [3.63, 3.8) is 0 Å². The average Bonchev–Trinajstić information content (AvgIpc) is 3.30. The summed E-state index contributed by atoms with van der Waals surface area (Å²) in [5, 5.41) is 0.632. The summed E-state index contributed by atoms with van der Waals surface area (Å²) in [5.41, 5.74) is 3.09. The van der Waals surface area contributed by atoms with E-state index < -0.39 is 12.0 Å². The van der Waals surface area contributed by atoms with Gasteiger partial charge in [0.25, 0.3) is 5.56 Å². The third-order valence-electron chi connectivity index (χ3n) is 6.85. The Bertz CT molecular complexity index is 1860. The van der Waals surface area contributed by atoms with Crippen LogP contribution in [0, 0.1) is 0 Å². The largest absolute Gasteiger partial charge is 0.490 e. The van der Waals surface area contributed by atoms with Gasteiger partial charge in [-0.1, -0.05) is 59.3 Å². The second-order valence-electron chi connectivity index (χ2n) is 9.59. The Morgan fingerprint density at radius 3 is 2.51 bits per heavy atom. The zero-order valence-corrected chi connectivity index (χ0v) is 26.6. The van der Waals surface area contributed by atoms with Crippen molar-refractivity contribution in [1.82, 2.24) is 4.57 Å². The van der Waals surface area contributed by atoms with E-state index in [1.807, 2.05) is 86.0 Å². The van der Waals surface area contributed by atoms with Gasteiger partial charge in [-0.2, -0.15) is 0 Å². The molecule has 222 valence electrons. The van der Waals surface area contributed by atoms with E-state index in [9.17, 15) is 9.59 Å². The van der Waals surface area contributed by atoms with Gasteiger partial charge in [-0.25, -0.2) is 9.79 Å². The molecule has 1 atom stereocenters. The van der Waals surface area contributed by atoms with Crippen LogP contribution in [-0.4, -0.2) is 30.0 Å². The Morgan fingerprint density at radius 1 is 1.05 bits per heavy atom. The summed E-state index contributed by atoms with van der Waals surface area (Å²) in [7, 11) is 0. The number of aromatic nitrogens is 1. The van der Waals surface area contributed by atoms with Gasteiger partial charge < -0.3 is 14.2 Å². The topological polar surface area (TPSA) is 79.1 Å². The fourth-order valence-corrected chi connectivity index (χ4v) is 6.46. The first-order valence-corrected chi connectivity index (χ1v) is 16.2. The Hall–Kier alpha value is -3.79. The number of thioether (sulfide) groups is 1. The van der Waals surface area contributed by atoms with Gasteiger partial charge in [0.1, 0.15) is 6.61 Å². The summed E-state index contributed by atoms with van der Waals surface area (Å²) in [6.45, 7) is 6.39. The van der Waals surface area contributed by atoms with Crippen molar-refractivity contribution < 1.29 is 19.0 Å². The first-order chi connectivity index (χ1) is 20.8. The van der Waals surface area contributed by atoms with Crippen LogP contribution in [0.1, 0.15) is 43.5 Å². The molecule has 5 rings (SSSR count). The van der Waals surface area contributed by atoms with Gasteiger partial charge in [-0.15, -0.1) is 11.8 Å². The van der Waals surface area contributed by atoms with Crippen molar-refractivity contribution in [2.24, 2.45) is 4.99 Å². The van der Waals surface area contributed by atoms with Crippen LogP contribution in [0.4, 0.5) is 0 Å². The van der Waals surface area contributed by atoms with E-state index in [1.54, 1.807) is 30.2 Å². The number of ether oxygens (including phenoxy) is 3. The Balaban J connectivity index is 1.56. The molecule has 4 aromatic rings. The van der Waals surface area contributed by atoms with Gasteiger partial charge in [0.2, 0.25) is 0 Å². The number of rotatable bonds is 10. The van der Waals surface area contributed by atoms with E-state index in [-0.39, 0.29) is 18.8 Å². The Labute approximate surface area is 263 Å². The van der Waals surface area contributed by atoms with Gasteiger partial charge in [-0.05, 0) is 74.6 Å². The van der Waals surface area contributed by atoms with Crippen molar-refractivity contribution in [3.8, 4) is 11.5 Å². The summed E-state index contributed by atoms with van der Waals surface area (Å²) < 4.78 is 19.4. The predicted molar refractivity (Wildman–Crippen MR) is 172 cm³/mol. The standard InChI is InChI=1S/C33H31ClN2O5S2/c1-5-39-27-17-21(11-16-26(27)41-19-23-9-7-8-10-25(23)34)18-28-31(37)36-30(22-12-14-24(42-4)15-13-22)29(32(38)40-6-2)20(3)35-33(36)43-28/h7-18,30H,5-6,19H2,1-4H3/b28-18-/t30-/m0/s1. The molecule has 0 unspecified atom stereocenters. The van der Waals surface area contributed by atoms with Crippen LogP contribution >= 0.6 is 34.7 Å². The maximum Gasteiger partial charge on any atom is 0.338 e. The van der Waals surface area contributed by atoms with Gasteiger partial charge in [-0.3, -0.25) is 9.36 Å². The predicted octanol–water partition coefficient (Wildman–Crippen LogP) is 6.15. The molecule has 0 fully saturated rings. The molecule has 0 radical (unpaired) electrons. The number of esters is 1. The molecule has 2 heterocycles. The highest BCUT2D eigenvalue weighted by Gasteiger charge is 2.33. The minimum atomic E-state index is -0.659. The lowest BCUT2D eigenvalue weighted by Crippen LogP contribution is -2.39. The smallest absolute Gasteiger partial charge is 0.338 e. The van der Waals surface area contributed by atoms with Crippen molar-refractivity contribution in [2.45, 2.75) is 38.3 Å². The molecule has 0 amide bonds. The lowest BCUT2D eigenvalue weighted by molar-refractivity contribution is -0.139. The number of halogens is 1. The summed E-state index contributed by atoms with van der Waals surface area (Å²) in [6, 6.07) is 20.3. The molecule has 7 nitrogen and oxygen atoms in total. The monoisotopic (exact) mass is 634 g/mol. The molecule has 0 saturated heterocycles. The number of carbonyl (C=O) groups is 1. The minimum Gasteiger partial charge on any atom is -0.490 e. The number of carbonyl (C=O) groups excluding carboxylic acids is 1. The Kier molecular flexibility index (Phi) is 9.75. The van der Waals surface area contributed by atoms with Crippen LogP contribution in [0.3, 0.4) is 0 Å². The van der Waals surface area contributed by atoms with E-state index in [1.165, 1.54) is 11.3 Å². The van der Waals surface area contributed by atoms with Crippen molar-refractivity contribution >= 4 is 46.7 Å². The van der Waals surface area contributed by atoms with E-state index in [2.05, 4.69) is 4.99 Å². The number of hydrogen-bond donors (Lipinski definition) is 0. The molecule has 43 heavy (non-hydrogen) atoms. The van der Waals surface area contributed by atoms with Crippen LogP contribution < -0.4 is 24.4 Å². The molecule has 3 aromatic carbocycles. The molecule has 0 saturated carbocycles. The average molecular weight is 635 g/mol. The molecule has 0 bridgehead atoms. The van der Waals surface area contributed by atoms with E-state index in [0.717, 1.165) is 21.6 Å². The molecule has 10 heteroatoms. The van der Waals surface area contributed by atoms with Gasteiger partial charge in [0.05, 0.1) is 35.1 Å². The first kappa shape index (κ1) is 30.7. The zero-order valence-electron chi connectivity index (χ0n) is 24.3. The maximum absolute atomic E-state index is 14.0. The second kappa shape index (κ2) is 13.7. The maximum atomic E-state index is 14.0. The summed E-state index contributed by atoms with van der Waals surface area (Å²) >= 11 is 9.20. The van der Waals surface area contributed by atoms with E-state index in [4.69, 9.17) is 25.8 Å². The summed E-state index contributed by atoms with van der Waals surface area (Å²) in [5.74, 6) is 0.651. The van der Waals surface area contributed by atoms with Gasteiger partial charge in [0, 0.05) is 15.5 Å². The van der Waals surface area contributed by atoms with E-state index >= 15 is 0 Å². The zero-order chi connectivity index (χ0) is 30.5. The highest BCUT2D eigenvalue weighted by atomic mass is 35.5. The third-order valence-corrected chi connectivity index (χ3v) is 8.95. The van der Waals surface area contributed by atoms with Gasteiger partial charge in [0.15, 0.2) is 16.3 Å². The minimum absolute atomic E-state index is 0.221. The fraction of sp³-hybridized carbons (Fsp3) is 0.242. The van der Waals surface area contributed by atoms with Crippen LogP contribution in [0.2, 0.25) is 5.02 Å². The van der Waals surface area contributed by atoms with Crippen molar-refractivity contribution in [2.75, 3.05) is 19.5 Å². The van der Waals surface area contributed by atoms with Crippen molar-refractivity contribution in [1.29, 1.82) is 0 Å². The second-order valence-corrected chi connectivity index (χ2v) is 11.9. The van der Waals surface area contributed by atoms with Crippen molar-refractivity contribution in [3.05, 3.63) is 119 Å². The highest BCUT2D eigenvalue weighted by molar-refractivity contribution is 7.98. The summed E-state index contributed by atoms with van der Waals surface area (Å²) in [4.78, 5) is 33.4. The Morgan fingerprint density at radius 2 is 1.81 bits per heavy atom. The van der Waals surface area contributed by atoms with Crippen LogP contribution in [0.5, 0.6) is 11.5 Å². The van der Waals surface area contributed by atoms with Gasteiger partial charge >= 0.3 is 5.97 Å². The van der Waals surface area contributed by atoms with E-state index in [0.29, 0.717) is 43.7 Å². The first-order valence-electron chi connectivity index (χ1n) is 13.8. The normalized spacial score (nSPS) is 14.7. The lowest BCUT2D eigenvalue weighted by atomic mass is 9.96. The number of thiazole rings is 1. The quantitative estimate of drug-likeness (QED) is 0.154. The SMILES string of the molecule is CCOC(=O)C1=C(C)N=c2s/c(=C\c3ccc(OCc4ccccc4Cl)c(OCC)c3)c(=O)n2[C@H]1c1ccc(SC)cc1. The molecule has 0 spiro atoms. The van der Waals surface area contributed by atoms with Crippen LogP contribution in [0.15, 0.2) is 92.7 Å². The number of benzene rings is 3. The number of fused-ring (bicyclic) bond motifs is 1. The number of nitrogens with zero attached hydrogens (tertiary/aromatic N) is 2. The van der Waals surface area contributed by atoms with Crippen LogP contribution in [-0.2, 0) is 16.1 Å². The number of hydrogen-bond acceptors (Lipinski definition) is 8. The van der Waals surface area contributed by atoms with Crippen LogP contribution in [0.25, 0.3) is 6.08 Å². The third kappa shape index (κ3) is 6.59. The number of allylic oxidation sites excluding steroid dienone is 1. The fourth-order valence-electron chi connectivity index (χ4n) is 4.82. The molecule has 0 N–H and O–H groups in total. The molecular weight excluding hydrogens is 604 g/mol. The highest BCUT2D eigenvalue weighted by Crippen LogP contribution is 2.32. The molecule has 1 aliphatic rings. The molecule has 0 aliphatic carbocycles. The lowest BCUT2D eigenvalue weighted by Gasteiger charge is -2.24. The summed E-state index contributed by atoms with van der Waals surface area (Å²) in [6.07, 6.45) is 3.81. The molecule has 1 aromatic heterocycles. The molecule has 1 aliphatic heterocycles.